The average molecular weight is 523 g/mol. The molecule has 5 atom stereocenters. The number of carbonyl (C=O) groups is 1. The van der Waals surface area contributed by atoms with Crippen molar-refractivity contribution in [3.63, 3.8) is 0 Å². The molecule has 5 heteroatoms. The Hall–Kier alpha value is -3.15. The Morgan fingerprint density at radius 3 is 2.64 bits per heavy atom. The molecule has 2 bridgehead atoms. The van der Waals surface area contributed by atoms with Crippen LogP contribution in [-0.4, -0.2) is 53.3 Å². The molecule has 0 amide bonds. The fraction of sp³-hybridized carbons (Fsp3) is 0.441. The molecule has 2 heterocycles. The van der Waals surface area contributed by atoms with Gasteiger partial charge >= 0.3 is 0 Å². The van der Waals surface area contributed by atoms with Crippen molar-refractivity contribution in [3.05, 3.63) is 83.4 Å². The smallest absolute Gasteiger partial charge is 0.174 e. The van der Waals surface area contributed by atoms with Crippen molar-refractivity contribution in [2.24, 2.45) is 5.92 Å². The third kappa shape index (κ3) is 3.17. The fourth-order valence-electron chi connectivity index (χ4n) is 8.95. The van der Waals surface area contributed by atoms with Crippen molar-refractivity contribution < 1.29 is 23.9 Å². The van der Waals surface area contributed by atoms with E-state index in [1.54, 1.807) is 6.07 Å². The van der Waals surface area contributed by atoms with E-state index >= 15 is 0 Å². The minimum absolute atomic E-state index is 0.146. The highest BCUT2D eigenvalue weighted by molar-refractivity contribution is 5.90. The molecule has 3 aliphatic carbocycles. The Labute approximate surface area is 230 Å². The molecule has 200 valence electrons. The van der Waals surface area contributed by atoms with E-state index in [9.17, 15) is 9.90 Å². The lowest BCUT2D eigenvalue weighted by atomic mass is 9.48. The van der Waals surface area contributed by atoms with E-state index in [0.29, 0.717) is 25.2 Å². The summed E-state index contributed by atoms with van der Waals surface area (Å²) in [5.74, 6) is 1.62. The van der Waals surface area contributed by atoms with Crippen molar-refractivity contribution in [3.8, 4) is 22.6 Å². The van der Waals surface area contributed by atoms with Gasteiger partial charge < -0.3 is 19.1 Å². The summed E-state index contributed by atoms with van der Waals surface area (Å²) in [7, 11) is 2.44. The number of piperidine rings is 1. The van der Waals surface area contributed by atoms with Gasteiger partial charge in [-0.1, -0.05) is 60.7 Å². The summed E-state index contributed by atoms with van der Waals surface area (Å²) in [5.41, 5.74) is 4.73. The first-order valence-electron chi connectivity index (χ1n) is 14.6. The lowest BCUT2D eigenvalue weighted by Gasteiger charge is -2.66. The number of aromatic hydroxyl groups is 1. The topological polar surface area (TPSA) is 55.8 Å². The zero-order valence-corrected chi connectivity index (χ0v) is 22.6. The van der Waals surface area contributed by atoms with Gasteiger partial charge in [0.25, 0.3) is 0 Å². The Morgan fingerprint density at radius 1 is 1.03 bits per heavy atom. The number of phenols is 1. The maximum Gasteiger partial charge on any atom is 0.174 e. The maximum absolute atomic E-state index is 13.6. The molecule has 3 aromatic rings. The van der Waals surface area contributed by atoms with E-state index in [1.807, 2.05) is 6.07 Å². The van der Waals surface area contributed by atoms with E-state index < -0.39 is 17.1 Å². The Morgan fingerprint density at radius 2 is 1.82 bits per heavy atom. The summed E-state index contributed by atoms with van der Waals surface area (Å²) in [5, 5.41) is 10.9. The Kier molecular flexibility index (Phi) is 4.98. The number of hydrogen-bond donors (Lipinski definition) is 1. The second-order valence-electron chi connectivity index (χ2n) is 12.9. The van der Waals surface area contributed by atoms with Gasteiger partial charge in [-0.3, -0.25) is 4.79 Å². The number of ketones is 1. The number of hydrogen-bond acceptors (Lipinski definition) is 4. The zero-order chi connectivity index (χ0) is 26.4. The van der Waals surface area contributed by atoms with Crippen molar-refractivity contribution in [1.82, 2.24) is 0 Å². The largest absolute Gasteiger partial charge is 0.504 e. The molecule has 39 heavy (non-hydrogen) atoms. The summed E-state index contributed by atoms with van der Waals surface area (Å²) < 4.78 is 14.9. The van der Waals surface area contributed by atoms with Gasteiger partial charge in [0.2, 0.25) is 0 Å². The molecule has 3 fully saturated rings. The molecule has 1 N–H and O–H groups in total. The molecule has 3 aromatic carbocycles. The standard InChI is InChI=1S/C34H35NO4/c1-35(20-22-11-12-22)18-17-33-30-24-13-14-27(36)31(30)39-32(33)28(37)15-16-34(33,29(35)19-24)38-21-25-9-5-6-10-26(25)23-7-3-2-4-8-23/h2-10,13-14,22,29,32H,11-12,15-21H2,1H3/p+1/t29-,32+,33+,34-,35?/m1/s1. The van der Waals surface area contributed by atoms with Crippen LogP contribution in [0.4, 0.5) is 0 Å². The third-order valence-corrected chi connectivity index (χ3v) is 10.8. The normalized spacial score (nSPS) is 33.9. The van der Waals surface area contributed by atoms with Gasteiger partial charge in [-0.2, -0.15) is 0 Å². The number of benzene rings is 3. The summed E-state index contributed by atoms with van der Waals surface area (Å²) in [6.07, 6.45) is 4.94. The minimum Gasteiger partial charge on any atom is -0.504 e. The number of rotatable bonds is 6. The molecule has 1 saturated heterocycles. The lowest BCUT2D eigenvalue weighted by molar-refractivity contribution is -0.950. The predicted molar refractivity (Wildman–Crippen MR) is 149 cm³/mol. The van der Waals surface area contributed by atoms with E-state index in [4.69, 9.17) is 9.47 Å². The van der Waals surface area contributed by atoms with Gasteiger partial charge in [0.15, 0.2) is 23.4 Å². The Bertz CT molecular complexity index is 1480. The van der Waals surface area contributed by atoms with Crippen LogP contribution in [0.1, 0.15) is 48.8 Å². The van der Waals surface area contributed by atoms with Crippen LogP contribution in [0.2, 0.25) is 0 Å². The van der Waals surface area contributed by atoms with Crippen LogP contribution in [0.5, 0.6) is 11.5 Å². The van der Waals surface area contributed by atoms with E-state index in [2.05, 4.69) is 61.6 Å². The molecule has 2 aliphatic heterocycles. The summed E-state index contributed by atoms with van der Waals surface area (Å²) in [6.45, 7) is 2.66. The van der Waals surface area contributed by atoms with Crippen LogP contribution < -0.4 is 4.74 Å². The van der Waals surface area contributed by atoms with Crippen LogP contribution >= 0.6 is 0 Å². The minimum atomic E-state index is -0.588. The average Bonchev–Trinajstić information content (AvgIpc) is 3.69. The van der Waals surface area contributed by atoms with Gasteiger partial charge in [0, 0.05) is 30.7 Å². The molecule has 5 aliphatic rings. The number of phenolic OH excluding ortho intramolecular Hbond substituents is 1. The number of nitrogens with zero attached hydrogens (tertiary/aromatic N) is 1. The molecule has 2 saturated carbocycles. The highest BCUT2D eigenvalue weighted by Crippen LogP contribution is 2.67. The predicted octanol–water partition coefficient (Wildman–Crippen LogP) is 5.56. The second-order valence-corrected chi connectivity index (χ2v) is 12.9. The molecule has 8 rings (SSSR count). The van der Waals surface area contributed by atoms with E-state index in [-0.39, 0.29) is 17.6 Å². The summed E-state index contributed by atoms with van der Waals surface area (Å²) >= 11 is 0. The van der Waals surface area contributed by atoms with E-state index in [0.717, 1.165) is 35.4 Å². The van der Waals surface area contributed by atoms with Crippen molar-refractivity contribution in [1.29, 1.82) is 0 Å². The number of likely N-dealkylation sites (N-methyl/N-ethyl adjacent to an activating group) is 1. The fourth-order valence-corrected chi connectivity index (χ4v) is 8.95. The van der Waals surface area contributed by atoms with Gasteiger partial charge in [-0.25, -0.2) is 0 Å². The number of likely N-dealkylation sites (tertiary alicyclic amines) is 1. The zero-order valence-electron chi connectivity index (χ0n) is 22.6. The third-order valence-electron chi connectivity index (χ3n) is 10.8. The molecule has 0 aromatic heterocycles. The van der Waals surface area contributed by atoms with Crippen molar-refractivity contribution >= 4 is 5.78 Å². The molecular formula is C34H36NO4+. The van der Waals surface area contributed by atoms with Gasteiger partial charge in [0.1, 0.15) is 11.6 Å². The van der Waals surface area contributed by atoms with Gasteiger partial charge in [-0.05, 0) is 47.6 Å². The SMILES string of the molecule is C[N+]1(CC2CC2)CC[C@]23c4c5ccc(O)c4O[C@H]2C(=O)CC[C@@]3(OCc2ccccc2-c2ccccc2)[C@H]1C5. The first-order valence-corrected chi connectivity index (χ1v) is 14.6. The number of quaternary nitrogens is 1. The molecular weight excluding hydrogens is 486 g/mol. The number of ether oxygens (including phenoxy) is 2. The van der Waals surface area contributed by atoms with Crippen LogP contribution in [-0.2, 0) is 28.0 Å². The van der Waals surface area contributed by atoms with E-state index in [1.165, 1.54) is 41.6 Å². The van der Waals surface area contributed by atoms with Crippen LogP contribution in [0.3, 0.4) is 0 Å². The van der Waals surface area contributed by atoms with Gasteiger partial charge in [-0.15, -0.1) is 0 Å². The molecule has 1 spiro atoms. The quantitative estimate of drug-likeness (QED) is 0.431. The maximum atomic E-state index is 13.6. The monoisotopic (exact) mass is 522 g/mol. The highest BCUT2D eigenvalue weighted by Gasteiger charge is 2.77. The van der Waals surface area contributed by atoms with Crippen LogP contribution in [0.15, 0.2) is 66.7 Å². The molecule has 0 radical (unpaired) electrons. The Balaban J connectivity index is 1.28. The highest BCUT2D eigenvalue weighted by atomic mass is 16.5. The number of carbonyl (C=O) groups excluding carboxylic acids is 1. The lowest BCUT2D eigenvalue weighted by Crippen LogP contribution is -2.81. The summed E-state index contributed by atoms with van der Waals surface area (Å²) in [4.78, 5) is 13.6. The van der Waals surface area contributed by atoms with Gasteiger partial charge in [0.05, 0.1) is 32.2 Å². The molecule has 1 unspecified atom stereocenters. The first kappa shape index (κ1) is 23.7. The molecule has 5 nitrogen and oxygen atoms in total. The first-order chi connectivity index (χ1) is 19.0. The van der Waals surface area contributed by atoms with Crippen LogP contribution in [0, 0.1) is 5.92 Å². The van der Waals surface area contributed by atoms with Crippen LogP contribution in [0.25, 0.3) is 11.1 Å². The van der Waals surface area contributed by atoms with Crippen molar-refractivity contribution in [2.45, 2.75) is 68.3 Å². The summed E-state index contributed by atoms with van der Waals surface area (Å²) in [6, 6.07) is 23.1. The number of Topliss-reactive ketones (excluding diaryl/α,β-unsaturated/α-hetero) is 1. The second kappa shape index (κ2) is 8.18. The van der Waals surface area contributed by atoms with Crippen molar-refractivity contribution in [2.75, 3.05) is 20.1 Å².